The van der Waals surface area contributed by atoms with Crippen molar-refractivity contribution in [2.45, 2.75) is 25.6 Å². The van der Waals surface area contributed by atoms with Gasteiger partial charge in [-0.1, -0.05) is 6.07 Å². The molecule has 1 aromatic rings. The topological polar surface area (TPSA) is 54.3 Å². The SMILES string of the molecule is COc1ccc(COC2CCCNC2)cc1C#N. The van der Waals surface area contributed by atoms with Crippen molar-refractivity contribution in [1.29, 1.82) is 5.26 Å². The standard InChI is InChI=1S/C14H18N2O2/c1-17-14-5-4-11(7-12(14)8-15)10-18-13-3-2-6-16-9-13/h4-5,7,13,16H,2-3,6,9-10H2,1H3. The van der Waals surface area contributed by atoms with Crippen LogP contribution in [0.1, 0.15) is 24.0 Å². The van der Waals surface area contributed by atoms with E-state index >= 15 is 0 Å². The van der Waals surface area contributed by atoms with Crippen LogP contribution < -0.4 is 10.1 Å². The zero-order valence-electron chi connectivity index (χ0n) is 10.6. The van der Waals surface area contributed by atoms with Gasteiger partial charge in [0.05, 0.1) is 25.4 Å². The van der Waals surface area contributed by atoms with E-state index in [1.165, 1.54) is 0 Å². The number of hydrogen-bond donors (Lipinski definition) is 1. The van der Waals surface area contributed by atoms with Crippen LogP contribution in [-0.4, -0.2) is 26.3 Å². The molecule has 4 nitrogen and oxygen atoms in total. The van der Waals surface area contributed by atoms with E-state index in [2.05, 4.69) is 11.4 Å². The summed E-state index contributed by atoms with van der Waals surface area (Å²) >= 11 is 0. The maximum Gasteiger partial charge on any atom is 0.136 e. The van der Waals surface area contributed by atoms with Crippen LogP contribution in [0.25, 0.3) is 0 Å². The monoisotopic (exact) mass is 246 g/mol. The lowest BCUT2D eigenvalue weighted by molar-refractivity contribution is 0.0253. The predicted octanol–water partition coefficient (Wildman–Crippen LogP) is 1.84. The normalized spacial score (nSPS) is 19.2. The Balaban J connectivity index is 1.95. The minimum Gasteiger partial charge on any atom is -0.495 e. The maximum atomic E-state index is 9.01. The molecule has 0 saturated carbocycles. The first-order valence-electron chi connectivity index (χ1n) is 6.23. The van der Waals surface area contributed by atoms with Crippen molar-refractivity contribution in [3.8, 4) is 11.8 Å². The summed E-state index contributed by atoms with van der Waals surface area (Å²) in [6, 6.07) is 7.72. The zero-order valence-corrected chi connectivity index (χ0v) is 10.6. The lowest BCUT2D eigenvalue weighted by Crippen LogP contribution is -2.35. The van der Waals surface area contributed by atoms with Gasteiger partial charge in [-0.2, -0.15) is 5.26 Å². The second-order valence-corrected chi connectivity index (χ2v) is 4.43. The first-order valence-corrected chi connectivity index (χ1v) is 6.23. The summed E-state index contributed by atoms with van der Waals surface area (Å²) in [7, 11) is 1.57. The number of piperidine rings is 1. The summed E-state index contributed by atoms with van der Waals surface area (Å²) in [6.07, 6.45) is 2.55. The third-order valence-corrected chi connectivity index (χ3v) is 3.12. The molecule has 0 aliphatic carbocycles. The van der Waals surface area contributed by atoms with Crippen molar-refractivity contribution < 1.29 is 9.47 Å². The Hall–Kier alpha value is -1.57. The highest BCUT2D eigenvalue weighted by Gasteiger charge is 2.13. The molecule has 0 bridgehead atoms. The number of hydrogen-bond acceptors (Lipinski definition) is 4. The van der Waals surface area contributed by atoms with Crippen LogP contribution in [0.5, 0.6) is 5.75 Å². The van der Waals surface area contributed by atoms with Crippen molar-refractivity contribution in [3.05, 3.63) is 29.3 Å². The molecule has 1 atom stereocenters. The third kappa shape index (κ3) is 3.22. The Morgan fingerprint density at radius 3 is 3.06 bits per heavy atom. The molecule has 0 aromatic heterocycles. The highest BCUT2D eigenvalue weighted by atomic mass is 16.5. The van der Waals surface area contributed by atoms with Gasteiger partial charge in [-0.3, -0.25) is 0 Å². The first-order chi connectivity index (χ1) is 8.83. The molecule has 1 unspecified atom stereocenters. The van der Waals surface area contributed by atoms with E-state index in [4.69, 9.17) is 14.7 Å². The van der Waals surface area contributed by atoms with Gasteiger partial charge in [0.1, 0.15) is 11.8 Å². The molecule has 0 radical (unpaired) electrons. The Labute approximate surface area is 108 Å². The highest BCUT2D eigenvalue weighted by molar-refractivity contribution is 5.45. The molecular formula is C14H18N2O2. The van der Waals surface area contributed by atoms with Crippen LogP contribution in [0, 0.1) is 11.3 Å². The summed E-state index contributed by atoms with van der Waals surface area (Å²) < 4.78 is 10.9. The van der Waals surface area contributed by atoms with Gasteiger partial charge in [0.2, 0.25) is 0 Å². The number of nitriles is 1. The predicted molar refractivity (Wildman–Crippen MR) is 68.4 cm³/mol. The fraction of sp³-hybridized carbons (Fsp3) is 0.500. The van der Waals surface area contributed by atoms with Gasteiger partial charge in [0, 0.05) is 6.54 Å². The second-order valence-electron chi connectivity index (χ2n) is 4.43. The first kappa shape index (κ1) is 12.9. The summed E-state index contributed by atoms with van der Waals surface area (Å²) in [5.74, 6) is 0.612. The molecule has 4 heteroatoms. The van der Waals surface area contributed by atoms with Gasteiger partial charge in [-0.15, -0.1) is 0 Å². The van der Waals surface area contributed by atoms with Gasteiger partial charge >= 0.3 is 0 Å². The third-order valence-electron chi connectivity index (χ3n) is 3.12. The van der Waals surface area contributed by atoms with Gasteiger partial charge in [-0.25, -0.2) is 0 Å². The van der Waals surface area contributed by atoms with E-state index in [1.807, 2.05) is 18.2 Å². The molecular weight excluding hydrogens is 228 g/mol. The Kier molecular flexibility index (Phi) is 4.57. The largest absolute Gasteiger partial charge is 0.495 e. The Morgan fingerprint density at radius 1 is 1.50 bits per heavy atom. The van der Waals surface area contributed by atoms with Gasteiger partial charge < -0.3 is 14.8 Å². The van der Waals surface area contributed by atoms with Crippen LogP contribution in [0.2, 0.25) is 0 Å². The number of rotatable bonds is 4. The fourth-order valence-electron chi connectivity index (χ4n) is 2.11. The van der Waals surface area contributed by atoms with Crippen LogP contribution >= 0.6 is 0 Å². The molecule has 1 saturated heterocycles. The zero-order chi connectivity index (χ0) is 12.8. The van der Waals surface area contributed by atoms with Gasteiger partial charge in [0.15, 0.2) is 0 Å². The number of methoxy groups -OCH3 is 1. The van der Waals surface area contributed by atoms with E-state index in [0.29, 0.717) is 17.9 Å². The van der Waals surface area contributed by atoms with Crippen molar-refractivity contribution in [3.63, 3.8) is 0 Å². The number of benzene rings is 1. The van der Waals surface area contributed by atoms with Crippen LogP contribution in [0.3, 0.4) is 0 Å². The summed E-state index contributed by atoms with van der Waals surface area (Å²) in [4.78, 5) is 0. The molecule has 96 valence electrons. The quantitative estimate of drug-likeness (QED) is 0.880. The lowest BCUT2D eigenvalue weighted by atomic mass is 10.1. The average molecular weight is 246 g/mol. The second kappa shape index (κ2) is 6.39. The van der Waals surface area contributed by atoms with Crippen molar-refractivity contribution in [2.75, 3.05) is 20.2 Å². The van der Waals surface area contributed by atoms with Crippen molar-refractivity contribution in [1.82, 2.24) is 5.32 Å². The van der Waals surface area contributed by atoms with E-state index in [0.717, 1.165) is 31.5 Å². The molecule has 1 heterocycles. The summed E-state index contributed by atoms with van der Waals surface area (Å²) in [6.45, 7) is 2.55. The molecule has 18 heavy (non-hydrogen) atoms. The number of ether oxygens (including phenoxy) is 2. The van der Waals surface area contributed by atoms with E-state index in [1.54, 1.807) is 7.11 Å². The smallest absolute Gasteiger partial charge is 0.136 e. The minimum absolute atomic E-state index is 0.284. The summed E-state index contributed by atoms with van der Waals surface area (Å²) in [5, 5.41) is 12.3. The van der Waals surface area contributed by atoms with E-state index in [-0.39, 0.29) is 6.10 Å². The van der Waals surface area contributed by atoms with Crippen LogP contribution in [0.4, 0.5) is 0 Å². The molecule has 2 rings (SSSR count). The molecule has 1 fully saturated rings. The van der Waals surface area contributed by atoms with Gasteiger partial charge in [0.25, 0.3) is 0 Å². The maximum absolute atomic E-state index is 9.01. The highest BCUT2D eigenvalue weighted by Crippen LogP contribution is 2.20. The Bertz CT molecular complexity index is 434. The fourth-order valence-corrected chi connectivity index (χ4v) is 2.11. The molecule has 1 N–H and O–H groups in total. The van der Waals surface area contributed by atoms with E-state index < -0.39 is 0 Å². The molecule has 0 amide bonds. The van der Waals surface area contributed by atoms with Gasteiger partial charge in [-0.05, 0) is 37.1 Å². The number of nitrogens with one attached hydrogen (secondary N) is 1. The van der Waals surface area contributed by atoms with Crippen LogP contribution in [-0.2, 0) is 11.3 Å². The lowest BCUT2D eigenvalue weighted by Gasteiger charge is -2.23. The number of nitrogens with zero attached hydrogens (tertiary/aromatic N) is 1. The molecule has 1 aliphatic rings. The van der Waals surface area contributed by atoms with Crippen LogP contribution in [0.15, 0.2) is 18.2 Å². The summed E-state index contributed by atoms with van der Waals surface area (Å²) in [5.41, 5.74) is 1.57. The molecule has 1 aromatic carbocycles. The Morgan fingerprint density at radius 2 is 2.39 bits per heavy atom. The van der Waals surface area contributed by atoms with Crippen molar-refractivity contribution >= 4 is 0 Å². The van der Waals surface area contributed by atoms with E-state index in [9.17, 15) is 0 Å². The molecule has 1 aliphatic heterocycles. The average Bonchev–Trinajstić information content (AvgIpc) is 2.45. The molecule has 0 spiro atoms. The van der Waals surface area contributed by atoms with Crippen molar-refractivity contribution in [2.24, 2.45) is 0 Å². The minimum atomic E-state index is 0.284.